The Kier molecular flexibility index (Phi) is 9.81. The van der Waals surface area contributed by atoms with E-state index in [1.165, 1.54) is 16.7 Å². The highest BCUT2D eigenvalue weighted by atomic mass is 16.4. The molecule has 0 spiro atoms. The summed E-state index contributed by atoms with van der Waals surface area (Å²) in [7, 11) is 0. The van der Waals surface area contributed by atoms with Crippen molar-refractivity contribution in [3.8, 4) is 0 Å². The van der Waals surface area contributed by atoms with Gasteiger partial charge in [0.15, 0.2) is 0 Å². The van der Waals surface area contributed by atoms with Crippen molar-refractivity contribution in [1.29, 1.82) is 0 Å². The van der Waals surface area contributed by atoms with Crippen LogP contribution in [0.25, 0.3) is 11.6 Å². The van der Waals surface area contributed by atoms with Gasteiger partial charge in [-0.2, -0.15) is 0 Å². The van der Waals surface area contributed by atoms with Crippen LogP contribution in [0.3, 0.4) is 0 Å². The zero-order valence-corrected chi connectivity index (χ0v) is 20.7. The van der Waals surface area contributed by atoms with Crippen molar-refractivity contribution in [3.05, 3.63) is 107 Å². The molecule has 0 atom stereocenters. The van der Waals surface area contributed by atoms with Gasteiger partial charge in [0.1, 0.15) is 5.71 Å². The van der Waals surface area contributed by atoms with Crippen molar-refractivity contribution < 1.29 is 15.1 Å². The first-order chi connectivity index (χ1) is 16.3. The summed E-state index contributed by atoms with van der Waals surface area (Å²) in [6, 6.07) is 15.1. The Labute approximate surface area is 203 Å². The molecule has 3 rings (SSSR count). The van der Waals surface area contributed by atoms with Gasteiger partial charge < -0.3 is 10.3 Å². The van der Waals surface area contributed by atoms with Crippen LogP contribution in [-0.2, 0) is 0 Å². The molecule has 2 aromatic rings. The summed E-state index contributed by atoms with van der Waals surface area (Å²) in [4.78, 5) is 11.0. The number of nitrogens with zero attached hydrogens (tertiary/aromatic N) is 1. The number of carboxylic acid groups (broad SMARTS) is 1. The SMILES string of the molecule is CC.Cc1ccc(/C2=C/C(C)(C)C/C=C(C(/C=C/c3ccc(C(=O)O)cc3)=N\O)\C=C/C2)cc1. The minimum absolute atomic E-state index is 0.0611. The largest absolute Gasteiger partial charge is 0.478 e. The van der Waals surface area contributed by atoms with Crippen LogP contribution in [0.5, 0.6) is 0 Å². The zero-order valence-electron chi connectivity index (χ0n) is 20.7. The number of hydrogen-bond donors (Lipinski definition) is 2. The first-order valence-corrected chi connectivity index (χ1v) is 11.7. The number of carboxylic acids is 1. The van der Waals surface area contributed by atoms with E-state index in [0.717, 1.165) is 24.0 Å². The molecule has 1 aliphatic rings. The highest BCUT2D eigenvalue weighted by Crippen LogP contribution is 2.32. The lowest BCUT2D eigenvalue weighted by atomic mass is 9.84. The Hall–Kier alpha value is -3.66. The van der Waals surface area contributed by atoms with Crippen molar-refractivity contribution in [2.45, 2.75) is 47.5 Å². The Morgan fingerprint density at radius 1 is 1.03 bits per heavy atom. The predicted molar refractivity (Wildman–Crippen MR) is 142 cm³/mol. The summed E-state index contributed by atoms with van der Waals surface area (Å²) in [5.41, 5.74) is 6.04. The number of carbonyl (C=O) groups is 1. The highest BCUT2D eigenvalue weighted by molar-refractivity contribution is 6.12. The van der Waals surface area contributed by atoms with Crippen LogP contribution in [-0.4, -0.2) is 22.0 Å². The molecule has 0 radical (unpaired) electrons. The zero-order chi connectivity index (χ0) is 25.1. The first kappa shape index (κ1) is 26.6. The second-order valence-electron chi connectivity index (χ2n) is 8.74. The number of aromatic carboxylic acids is 1. The van der Waals surface area contributed by atoms with E-state index in [2.05, 4.69) is 68.4 Å². The van der Waals surface area contributed by atoms with Gasteiger partial charge in [0.05, 0.1) is 5.56 Å². The van der Waals surface area contributed by atoms with Gasteiger partial charge in [0.25, 0.3) is 0 Å². The molecule has 0 fully saturated rings. The summed E-state index contributed by atoms with van der Waals surface area (Å²) >= 11 is 0. The lowest BCUT2D eigenvalue weighted by Gasteiger charge is -2.20. The lowest BCUT2D eigenvalue weighted by molar-refractivity contribution is 0.0697. The Morgan fingerprint density at radius 2 is 1.68 bits per heavy atom. The molecule has 0 unspecified atom stereocenters. The maximum Gasteiger partial charge on any atom is 0.335 e. The smallest absolute Gasteiger partial charge is 0.335 e. The summed E-state index contributed by atoms with van der Waals surface area (Å²) < 4.78 is 0. The number of oxime groups is 1. The molecule has 0 bridgehead atoms. The van der Waals surface area contributed by atoms with Crippen LogP contribution >= 0.6 is 0 Å². The minimum Gasteiger partial charge on any atom is -0.478 e. The highest BCUT2D eigenvalue weighted by Gasteiger charge is 2.17. The van der Waals surface area contributed by atoms with Gasteiger partial charge in [-0.25, -0.2) is 4.79 Å². The van der Waals surface area contributed by atoms with Crippen molar-refractivity contribution >= 4 is 23.3 Å². The first-order valence-electron chi connectivity index (χ1n) is 11.7. The van der Waals surface area contributed by atoms with Crippen LogP contribution in [0.2, 0.25) is 0 Å². The van der Waals surface area contributed by atoms with Gasteiger partial charge >= 0.3 is 5.97 Å². The molecule has 0 saturated carbocycles. The van der Waals surface area contributed by atoms with E-state index in [0.29, 0.717) is 5.71 Å². The number of benzene rings is 2. The third-order valence-corrected chi connectivity index (χ3v) is 5.47. The number of allylic oxidation sites excluding steroid dienone is 7. The molecule has 0 saturated heterocycles. The summed E-state index contributed by atoms with van der Waals surface area (Å²) in [5.74, 6) is -0.958. The number of rotatable bonds is 5. The molecule has 2 N–H and O–H groups in total. The molecule has 0 aliphatic heterocycles. The standard InChI is InChI=1S/C28H29NO3.C2H6/c1-20-7-12-22(13-8-20)25-6-4-5-23(17-18-28(2,3)19-25)26(29-32)16-11-21-9-14-24(15-10-21)27(30)31;1-2/h4-5,7-17,19,32H,6,18H2,1-3H3,(H,30,31);1-2H3/b5-4-,16-11+,23-17+,25-19+,29-26-;. The van der Waals surface area contributed by atoms with Gasteiger partial charge in [-0.05, 0) is 65.7 Å². The average molecular weight is 458 g/mol. The summed E-state index contributed by atoms with van der Waals surface area (Å²) in [5, 5.41) is 22.2. The van der Waals surface area contributed by atoms with Crippen LogP contribution in [0.15, 0.2) is 89.6 Å². The van der Waals surface area contributed by atoms with Crippen LogP contribution in [0, 0.1) is 12.3 Å². The quantitative estimate of drug-likeness (QED) is 0.272. The summed E-state index contributed by atoms with van der Waals surface area (Å²) in [6.45, 7) is 10.5. The lowest BCUT2D eigenvalue weighted by Crippen LogP contribution is -2.08. The van der Waals surface area contributed by atoms with E-state index in [1.54, 1.807) is 30.3 Å². The molecule has 1 aliphatic carbocycles. The molecular weight excluding hydrogens is 422 g/mol. The topological polar surface area (TPSA) is 69.9 Å². The minimum atomic E-state index is -0.958. The average Bonchev–Trinajstić information content (AvgIpc) is 2.90. The van der Waals surface area contributed by atoms with Gasteiger partial charge in [-0.1, -0.05) is 105 Å². The van der Waals surface area contributed by atoms with Crippen molar-refractivity contribution in [2.24, 2.45) is 10.6 Å². The molecule has 0 heterocycles. The third kappa shape index (κ3) is 7.73. The molecule has 4 nitrogen and oxygen atoms in total. The van der Waals surface area contributed by atoms with Crippen LogP contribution < -0.4 is 0 Å². The molecule has 0 amide bonds. The van der Waals surface area contributed by atoms with E-state index in [1.807, 2.05) is 26.0 Å². The molecule has 178 valence electrons. The van der Waals surface area contributed by atoms with E-state index >= 15 is 0 Å². The molecule has 2 aromatic carbocycles. The van der Waals surface area contributed by atoms with E-state index < -0.39 is 5.97 Å². The van der Waals surface area contributed by atoms with Crippen molar-refractivity contribution in [1.82, 2.24) is 0 Å². The normalized spacial score (nSPS) is 19.9. The van der Waals surface area contributed by atoms with E-state index in [-0.39, 0.29) is 11.0 Å². The maximum absolute atomic E-state index is 11.0. The number of hydrogen-bond acceptors (Lipinski definition) is 3. The fraction of sp³-hybridized carbons (Fsp3) is 0.267. The van der Waals surface area contributed by atoms with E-state index in [4.69, 9.17) is 5.11 Å². The predicted octanol–water partition coefficient (Wildman–Crippen LogP) is 7.95. The molecule has 34 heavy (non-hydrogen) atoms. The monoisotopic (exact) mass is 457 g/mol. The van der Waals surface area contributed by atoms with E-state index in [9.17, 15) is 10.0 Å². The second kappa shape index (κ2) is 12.5. The fourth-order valence-electron chi connectivity index (χ4n) is 3.60. The van der Waals surface area contributed by atoms with Crippen molar-refractivity contribution in [2.75, 3.05) is 0 Å². The second-order valence-corrected chi connectivity index (χ2v) is 8.74. The van der Waals surface area contributed by atoms with Gasteiger partial charge in [-0.15, -0.1) is 0 Å². The molecular formula is C30H35NO3. The van der Waals surface area contributed by atoms with Gasteiger partial charge in [0.2, 0.25) is 0 Å². The molecule has 0 aromatic heterocycles. The van der Waals surface area contributed by atoms with Crippen LogP contribution in [0.4, 0.5) is 0 Å². The Morgan fingerprint density at radius 3 is 2.26 bits per heavy atom. The van der Waals surface area contributed by atoms with Gasteiger partial charge in [-0.3, -0.25) is 0 Å². The number of aryl methyl sites for hydroxylation is 1. The fourth-order valence-corrected chi connectivity index (χ4v) is 3.60. The van der Waals surface area contributed by atoms with Crippen molar-refractivity contribution in [3.63, 3.8) is 0 Å². The Bertz CT molecular complexity index is 1110. The maximum atomic E-state index is 11.0. The third-order valence-electron chi connectivity index (χ3n) is 5.47. The van der Waals surface area contributed by atoms with Crippen LogP contribution in [0.1, 0.15) is 67.6 Å². The Balaban J connectivity index is 0.00000199. The summed E-state index contributed by atoms with van der Waals surface area (Å²) in [6.07, 6.45) is 13.6. The van der Waals surface area contributed by atoms with Gasteiger partial charge in [0, 0.05) is 0 Å². The molecule has 4 heteroatoms.